The van der Waals surface area contributed by atoms with Crippen LogP contribution in [0, 0.1) is 0 Å². The summed E-state index contributed by atoms with van der Waals surface area (Å²) >= 11 is 0. The van der Waals surface area contributed by atoms with Crippen LogP contribution < -0.4 is 4.74 Å². The van der Waals surface area contributed by atoms with Crippen LogP contribution in [0.4, 0.5) is 0 Å². The number of nitrogens with zero attached hydrogens (tertiary/aromatic N) is 3. The van der Waals surface area contributed by atoms with Crippen molar-refractivity contribution in [3.63, 3.8) is 0 Å². The van der Waals surface area contributed by atoms with Crippen molar-refractivity contribution in [2.75, 3.05) is 6.54 Å². The molecule has 1 atom stereocenters. The predicted molar refractivity (Wildman–Crippen MR) is 115 cm³/mol. The van der Waals surface area contributed by atoms with Crippen LogP contribution in [0.2, 0.25) is 0 Å². The van der Waals surface area contributed by atoms with Gasteiger partial charge in [0.1, 0.15) is 24.7 Å². The van der Waals surface area contributed by atoms with E-state index in [1.165, 1.54) is 12.0 Å². The second-order valence-corrected chi connectivity index (χ2v) is 7.82. The van der Waals surface area contributed by atoms with Gasteiger partial charge in [0.25, 0.3) is 0 Å². The number of para-hydroxylation sites is 2. The zero-order valence-electron chi connectivity index (χ0n) is 17.3. The maximum Gasteiger partial charge on any atom is 0.242 e. The summed E-state index contributed by atoms with van der Waals surface area (Å²) in [4.78, 5) is 19.8. The normalized spacial score (nSPS) is 16.9. The van der Waals surface area contributed by atoms with Gasteiger partial charge in [-0.1, -0.05) is 31.2 Å². The third-order valence-electron chi connectivity index (χ3n) is 5.85. The summed E-state index contributed by atoms with van der Waals surface area (Å²) in [5, 5.41) is 0. The van der Waals surface area contributed by atoms with Gasteiger partial charge in [-0.25, -0.2) is 4.98 Å². The summed E-state index contributed by atoms with van der Waals surface area (Å²) in [6, 6.07) is 16.4. The third-order valence-corrected chi connectivity index (χ3v) is 5.85. The molecule has 5 nitrogen and oxygen atoms in total. The van der Waals surface area contributed by atoms with Gasteiger partial charge in [-0.15, -0.1) is 0 Å². The molecule has 0 aliphatic carbocycles. The van der Waals surface area contributed by atoms with E-state index in [0.29, 0.717) is 19.2 Å². The number of amides is 1. The van der Waals surface area contributed by atoms with Crippen molar-refractivity contribution in [3.05, 3.63) is 59.9 Å². The number of aromatic nitrogens is 2. The maximum atomic E-state index is 13.1. The van der Waals surface area contributed by atoms with Crippen molar-refractivity contribution < 1.29 is 9.53 Å². The van der Waals surface area contributed by atoms with Gasteiger partial charge < -0.3 is 14.2 Å². The number of carbonyl (C=O) groups excluding carboxylic acids is 1. The van der Waals surface area contributed by atoms with Crippen molar-refractivity contribution in [1.82, 2.24) is 14.5 Å². The lowest BCUT2D eigenvalue weighted by Crippen LogP contribution is -2.43. The van der Waals surface area contributed by atoms with E-state index in [9.17, 15) is 4.79 Å². The number of aryl methyl sites for hydroxylation is 1. The Labute approximate surface area is 172 Å². The number of carbonyl (C=O) groups is 1. The second kappa shape index (κ2) is 8.68. The molecule has 1 saturated heterocycles. The summed E-state index contributed by atoms with van der Waals surface area (Å²) in [7, 11) is 0. The van der Waals surface area contributed by atoms with Crippen LogP contribution in [0.25, 0.3) is 11.0 Å². The molecule has 1 aromatic heterocycles. The summed E-state index contributed by atoms with van der Waals surface area (Å²) in [6.45, 7) is 5.77. The molecule has 5 heteroatoms. The molecule has 3 aromatic rings. The largest absolute Gasteiger partial charge is 0.486 e. The molecule has 1 fully saturated rings. The van der Waals surface area contributed by atoms with Crippen LogP contribution in [0.5, 0.6) is 5.75 Å². The Kier molecular flexibility index (Phi) is 5.84. The number of piperidine rings is 1. The van der Waals surface area contributed by atoms with Crippen molar-refractivity contribution >= 4 is 16.9 Å². The summed E-state index contributed by atoms with van der Waals surface area (Å²) in [5.74, 6) is 1.76. The average Bonchev–Trinajstić information content (AvgIpc) is 3.10. The predicted octanol–water partition coefficient (Wildman–Crippen LogP) is 4.58. The fourth-order valence-electron chi connectivity index (χ4n) is 4.08. The number of rotatable bonds is 6. The van der Waals surface area contributed by atoms with Gasteiger partial charge in [0, 0.05) is 12.6 Å². The molecule has 4 rings (SSSR count). The zero-order chi connectivity index (χ0) is 20.2. The molecule has 1 amide bonds. The Morgan fingerprint density at radius 2 is 1.93 bits per heavy atom. The lowest BCUT2D eigenvalue weighted by Gasteiger charge is -2.33. The molecule has 0 bridgehead atoms. The first-order valence-corrected chi connectivity index (χ1v) is 10.6. The number of benzene rings is 2. The Morgan fingerprint density at radius 3 is 2.69 bits per heavy atom. The number of imidazole rings is 1. The molecule has 0 saturated carbocycles. The molecular formula is C24H29N3O2. The highest BCUT2D eigenvalue weighted by Gasteiger charge is 2.24. The summed E-state index contributed by atoms with van der Waals surface area (Å²) in [5.41, 5.74) is 3.16. The van der Waals surface area contributed by atoms with Crippen molar-refractivity contribution in [1.29, 1.82) is 0 Å². The molecule has 0 spiro atoms. The zero-order valence-corrected chi connectivity index (χ0v) is 17.3. The van der Waals surface area contributed by atoms with E-state index >= 15 is 0 Å². The van der Waals surface area contributed by atoms with E-state index in [4.69, 9.17) is 9.72 Å². The number of ether oxygens (including phenoxy) is 1. The fourth-order valence-corrected chi connectivity index (χ4v) is 4.08. The van der Waals surface area contributed by atoms with Crippen LogP contribution >= 0.6 is 0 Å². The molecule has 2 aromatic carbocycles. The molecule has 2 heterocycles. The van der Waals surface area contributed by atoms with E-state index in [2.05, 4.69) is 26.0 Å². The molecule has 1 unspecified atom stereocenters. The molecular weight excluding hydrogens is 362 g/mol. The van der Waals surface area contributed by atoms with Crippen LogP contribution in [0.15, 0.2) is 48.5 Å². The highest BCUT2D eigenvalue weighted by molar-refractivity contribution is 5.81. The Hall–Kier alpha value is -2.82. The smallest absolute Gasteiger partial charge is 0.242 e. The molecule has 152 valence electrons. The van der Waals surface area contributed by atoms with Crippen molar-refractivity contribution in [3.8, 4) is 5.75 Å². The van der Waals surface area contributed by atoms with Crippen LogP contribution in [0.1, 0.15) is 44.5 Å². The van der Waals surface area contributed by atoms with Gasteiger partial charge in [0.05, 0.1) is 11.0 Å². The van der Waals surface area contributed by atoms with E-state index in [-0.39, 0.29) is 5.91 Å². The quantitative estimate of drug-likeness (QED) is 0.618. The number of fused-ring (bicyclic) bond motifs is 1. The molecule has 1 aliphatic heterocycles. The Balaban J connectivity index is 1.55. The highest BCUT2D eigenvalue weighted by atomic mass is 16.5. The van der Waals surface area contributed by atoms with Crippen molar-refractivity contribution in [2.24, 2.45) is 0 Å². The number of hydrogen-bond acceptors (Lipinski definition) is 3. The first kappa shape index (κ1) is 19.5. The molecule has 1 aliphatic rings. The molecule has 0 N–H and O–H groups in total. The lowest BCUT2D eigenvalue weighted by molar-refractivity contribution is -0.135. The van der Waals surface area contributed by atoms with Gasteiger partial charge in [-0.2, -0.15) is 0 Å². The maximum absolute atomic E-state index is 13.1. The summed E-state index contributed by atoms with van der Waals surface area (Å²) in [6.07, 6.45) is 4.38. The minimum Gasteiger partial charge on any atom is -0.486 e. The lowest BCUT2D eigenvalue weighted by atomic mass is 10.0. The van der Waals surface area contributed by atoms with Crippen LogP contribution in [-0.4, -0.2) is 32.9 Å². The first-order chi connectivity index (χ1) is 14.2. The van der Waals surface area contributed by atoms with Gasteiger partial charge in [0.2, 0.25) is 5.91 Å². The van der Waals surface area contributed by atoms with E-state index in [1.54, 1.807) is 0 Å². The number of likely N-dealkylation sites (tertiary alicyclic amines) is 1. The minimum atomic E-state index is 0.161. The fraction of sp³-hybridized carbons (Fsp3) is 0.417. The molecule has 29 heavy (non-hydrogen) atoms. The standard InChI is InChI=1S/C24H29N3O2/c1-3-19-11-13-20(14-12-19)29-17-23-25-21-9-4-5-10-22(21)27(23)16-24(28)26-15-7-6-8-18(26)2/h4-5,9-14,18H,3,6-8,15-17H2,1-2H3. The minimum absolute atomic E-state index is 0.161. The monoisotopic (exact) mass is 391 g/mol. The average molecular weight is 392 g/mol. The van der Waals surface area contributed by atoms with Gasteiger partial charge in [0.15, 0.2) is 0 Å². The van der Waals surface area contributed by atoms with Crippen LogP contribution in [0.3, 0.4) is 0 Å². The topological polar surface area (TPSA) is 47.4 Å². The molecule has 0 radical (unpaired) electrons. The summed E-state index contributed by atoms with van der Waals surface area (Å²) < 4.78 is 8.02. The van der Waals surface area contributed by atoms with Gasteiger partial charge in [-0.05, 0) is 62.4 Å². The van der Waals surface area contributed by atoms with Gasteiger partial charge in [-0.3, -0.25) is 4.79 Å². The Bertz CT molecular complexity index is 977. The van der Waals surface area contributed by atoms with E-state index in [1.807, 2.05) is 45.9 Å². The Morgan fingerprint density at radius 1 is 1.14 bits per heavy atom. The SMILES string of the molecule is CCc1ccc(OCc2nc3ccccc3n2CC(=O)N2CCCCC2C)cc1. The van der Waals surface area contributed by atoms with Crippen LogP contribution in [-0.2, 0) is 24.4 Å². The van der Waals surface area contributed by atoms with E-state index < -0.39 is 0 Å². The third kappa shape index (κ3) is 4.29. The van der Waals surface area contributed by atoms with Crippen molar-refractivity contribution in [2.45, 2.75) is 58.7 Å². The van der Waals surface area contributed by atoms with Gasteiger partial charge >= 0.3 is 0 Å². The second-order valence-electron chi connectivity index (χ2n) is 7.82. The first-order valence-electron chi connectivity index (χ1n) is 10.6. The highest BCUT2D eigenvalue weighted by Crippen LogP contribution is 2.21. The number of hydrogen-bond donors (Lipinski definition) is 0. The van der Waals surface area contributed by atoms with E-state index in [0.717, 1.165) is 48.4 Å².